The number of anilines is 1. The molecule has 0 saturated heterocycles. The summed E-state index contributed by atoms with van der Waals surface area (Å²) >= 11 is 3.24. The minimum atomic E-state index is -3.64. The van der Waals surface area contributed by atoms with E-state index in [1.54, 1.807) is 13.1 Å². The van der Waals surface area contributed by atoms with Crippen LogP contribution in [0.3, 0.4) is 0 Å². The van der Waals surface area contributed by atoms with Crippen molar-refractivity contribution >= 4 is 31.8 Å². The molecule has 1 rings (SSSR count). The molecule has 114 valence electrons. The number of aromatic nitrogens is 1. The largest absolute Gasteiger partial charge is 0.393 e. The summed E-state index contributed by atoms with van der Waals surface area (Å²) in [6.07, 6.45) is 1.39. The second-order valence-corrected chi connectivity index (χ2v) is 7.42. The van der Waals surface area contributed by atoms with E-state index in [-0.39, 0.29) is 11.4 Å². The van der Waals surface area contributed by atoms with Crippen LogP contribution in [0.4, 0.5) is 5.82 Å². The highest BCUT2D eigenvalue weighted by Gasteiger charge is 2.25. The topological polar surface area (TPSA) is 82.5 Å². The van der Waals surface area contributed by atoms with Gasteiger partial charge in [0.2, 0.25) is 10.0 Å². The molecule has 0 bridgehead atoms. The van der Waals surface area contributed by atoms with Gasteiger partial charge in [-0.2, -0.15) is 0 Å². The van der Waals surface area contributed by atoms with Crippen molar-refractivity contribution in [3.8, 4) is 0 Å². The van der Waals surface area contributed by atoms with Crippen molar-refractivity contribution in [1.82, 2.24) is 9.29 Å². The van der Waals surface area contributed by atoms with Gasteiger partial charge in [0.05, 0.1) is 6.10 Å². The van der Waals surface area contributed by atoms with Crippen molar-refractivity contribution in [2.45, 2.75) is 31.3 Å². The molecule has 0 spiro atoms. The Kier molecular flexibility index (Phi) is 6.38. The van der Waals surface area contributed by atoms with Crippen LogP contribution in [-0.4, -0.2) is 49.1 Å². The van der Waals surface area contributed by atoms with Crippen LogP contribution in [0.15, 0.2) is 21.6 Å². The first-order valence-electron chi connectivity index (χ1n) is 6.32. The molecule has 1 unspecified atom stereocenters. The molecular formula is C12H20BrN3O3S. The Hall–Kier alpha value is -0.700. The van der Waals surface area contributed by atoms with Crippen molar-refractivity contribution in [2.24, 2.45) is 0 Å². The van der Waals surface area contributed by atoms with E-state index in [0.29, 0.717) is 23.3 Å². The summed E-state index contributed by atoms with van der Waals surface area (Å²) in [4.78, 5) is 4.23. The molecule has 6 nitrogen and oxygen atoms in total. The van der Waals surface area contributed by atoms with Gasteiger partial charge < -0.3 is 10.4 Å². The molecule has 1 aromatic heterocycles. The van der Waals surface area contributed by atoms with Crippen LogP contribution >= 0.6 is 15.9 Å². The summed E-state index contributed by atoms with van der Waals surface area (Å²) in [5.41, 5.74) is 0. The average Bonchev–Trinajstić information content (AvgIpc) is 2.38. The molecular weight excluding hydrogens is 346 g/mol. The van der Waals surface area contributed by atoms with Gasteiger partial charge in [0.25, 0.3) is 0 Å². The summed E-state index contributed by atoms with van der Waals surface area (Å²) in [5.74, 6) is 0.333. The lowest BCUT2D eigenvalue weighted by molar-refractivity contribution is 0.177. The third kappa shape index (κ3) is 4.41. The zero-order chi connectivity index (χ0) is 15.3. The van der Waals surface area contributed by atoms with Crippen molar-refractivity contribution in [2.75, 3.05) is 25.5 Å². The van der Waals surface area contributed by atoms with E-state index in [4.69, 9.17) is 0 Å². The number of nitrogens with zero attached hydrogens (tertiary/aromatic N) is 2. The number of nitrogens with one attached hydrogen (secondary N) is 1. The van der Waals surface area contributed by atoms with E-state index in [9.17, 15) is 13.5 Å². The first kappa shape index (κ1) is 17.4. The van der Waals surface area contributed by atoms with Crippen molar-refractivity contribution < 1.29 is 13.5 Å². The van der Waals surface area contributed by atoms with E-state index < -0.39 is 16.1 Å². The van der Waals surface area contributed by atoms with E-state index in [2.05, 4.69) is 26.2 Å². The number of sulfonamides is 1. The molecule has 1 aromatic rings. The number of pyridine rings is 1. The number of hydrogen-bond donors (Lipinski definition) is 2. The van der Waals surface area contributed by atoms with Crippen LogP contribution in [0, 0.1) is 0 Å². The number of hydrogen-bond acceptors (Lipinski definition) is 5. The summed E-state index contributed by atoms with van der Waals surface area (Å²) in [7, 11) is -2.15. The minimum absolute atomic E-state index is 0.127. The van der Waals surface area contributed by atoms with E-state index in [1.807, 2.05) is 6.92 Å². The van der Waals surface area contributed by atoms with Gasteiger partial charge >= 0.3 is 0 Å². The normalized spacial score (nSPS) is 13.5. The molecule has 1 heterocycles. The summed E-state index contributed by atoms with van der Waals surface area (Å²) < 4.78 is 26.9. The SMILES string of the molecule is CCNc1ncc(Br)cc1S(=O)(=O)N(C)CCC(C)O. The molecule has 0 fully saturated rings. The number of rotatable bonds is 7. The standard InChI is InChI=1S/C12H20BrN3O3S/c1-4-14-12-11(7-10(13)8-15-12)20(18,19)16(3)6-5-9(2)17/h7-9,17H,4-6H2,1-3H3,(H,14,15). The Bertz CT molecular complexity index is 549. The molecule has 0 aliphatic rings. The van der Waals surface area contributed by atoms with E-state index in [0.717, 1.165) is 0 Å². The lowest BCUT2D eigenvalue weighted by Crippen LogP contribution is -2.30. The molecule has 20 heavy (non-hydrogen) atoms. The number of aliphatic hydroxyl groups is 1. The van der Waals surface area contributed by atoms with Crippen LogP contribution in [0.1, 0.15) is 20.3 Å². The third-order valence-corrected chi connectivity index (χ3v) is 5.02. The van der Waals surface area contributed by atoms with Gasteiger partial charge in [-0.1, -0.05) is 0 Å². The fourth-order valence-electron chi connectivity index (χ4n) is 1.57. The molecule has 0 radical (unpaired) electrons. The third-order valence-electron chi connectivity index (χ3n) is 2.71. The second kappa shape index (κ2) is 7.35. The highest BCUT2D eigenvalue weighted by molar-refractivity contribution is 9.10. The lowest BCUT2D eigenvalue weighted by atomic mass is 10.3. The lowest BCUT2D eigenvalue weighted by Gasteiger charge is -2.19. The van der Waals surface area contributed by atoms with Crippen molar-refractivity contribution in [1.29, 1.82) is 0 Å². The maximum atomic E-state index is 12.5. The maximum Gasteiger partial charge on any atom is 0.246 e. The molecule has 0 aliphatic heterocycles. The molecule has 0 saturated carbocycles. The first-order valence-corrected chi connectivity index (χ1v) is 8.56. The van der Waals surface area contributed by atoms with Gasteiger partial charge in [0, 0.05) is 30.8 Å². The van der Waals surface area contributed by atoms with Crippen LogP contribution in [-0.2, 0) is 10.0 Å². The Balaban J connectivity index is 3.10. The number of halogens is 1. The van der Waals surface area contributed by atoms with Gasteiger partial charge in [0.15, 0.2) is 0 Å². The minimum Gasteiger partial charge on any atom is -0.393 e. The molecule has 2 N–H and O–H groups in total. The predicted octanol–water partition coefficient (Wildman–Crippen LogP) is 1.67. The smallest absolute Gasteiger partial charge is 0.246 e. The van der Waals surface area contributed by atoms with Gasteiger partial charge in [-0.15, -0.1) is 0 Å². The molecule has 1 atom stereocenters. The summed E-state index contributed by atoms with van der Waals surface area (Å²) in [6.45, 7) is 4.33. The Morgan fingerprint density at radius 2 is 2.20 bits per heavy atom. The van der Waals surface area contributed by atoms with Gasteiger partial charge in [0.1, 0.15) is 10.7 Å². The van der Waals surface area contributed by atoms with Gasteiger partial charge in [-0.3, -0.25) is 0 Å². The summed E-state index contributed by atoms with van der Waals surface area (Å²) in [5, 5.41) is 12.2. The molecule has 0 aliphatic carbocycles. The predicted molar refractivity (Wildman–Crippen MR) is 82.2 cm³/mol. The molecule has 0 amide bonds. The monoisotopic (exact) mass is 365 g/mol. The molecule has 0 aromatic carbocycles. The van der Waals surface area contributed by atoms with Gasteiger partial charge in [-0.05, 0) is 42.3 Å². The van der Waals surface area contributed by atoms with Crippen LogP contribution in [0.2, 0.25) is 0 Å². The van der Waals surface area contributed by atoms with E-state index >= 15 is 0 Å². The quantitative estimate of drug-likeness (QED) is 0.767. The zero-order valence-electron chi connectivity index (χ0n) is 11.8. The zero-order valence-corrected chi connectivity index (χ0v) is 14.2. The average molecular weight is 366 g/mol. The Labute approximate surface area is 128 Å². The van der Waals surface area contributed by atoms with Crippen molar-refractivity contribution in [3.05, 3.63) is 16.7 Å². The fraction of sp³-hybridized carbons (Fsp3) is 0.583. The van der Waals surface area contributed by atoms with Crippen LogP contribution < -0.4 is 5.32 Å². The van der Waals surface area contributed by atoms with Crippen LogP contribution in [0.25, 0.3) is 0 Å². The highest BCUT2D eigenvalue weighted by Crippen LogP contribution is 2.25. The summed E-state index contributed by atoms with van der Waals surface area (Å²) in [6, 6.07) is 1.53. The Morgan fingerprint density at radius 1 is 1.55 bits per heavy atom. The Morgan fingerprint density at radius 3 is 2.75 bits per heavy atom. The molecule has 8 heteroatoms. The number of aliphatic hydroxyl groups excluding tert-OH is 1. The maximum absolute atomic E-state index is 12.5. The van der Waals surface area contributed by atoms with Crippen molar-refractivity contribution in [3.63, 3.8) is 0 Å². The fourth-order valence-corrected chi connectivity index (χ4v) is 3.38. The first-order chi connectivity index (χ1) is 9.28. The van der Waals surface area contributed by atoms with Gasteiger partial charge in [-0.25, -0.2) is 17.7 Å². The van der Waals surface area contributed by atoms with E-state index in [1.165, 1.54) is 17.4 Å². The highest BCUT2D eigenvalue weighted by atomic mass is 79.9. The second-order valence-electron chi connectivity index (χ2n) is 4.49. The van der Waals surface area contributed by atoms with Crippen LogP contribution in [0.5, 0.6) is 0 Å².